The zero-order chi connectivity index (χ0) is 18.7. The van der Waals surface area contributed by atoms with Gasteiger partial charge in [0.25, 0.3) is 5.91 Å². The Hall–Kier alpha value is -3.16. The van der Waals surface area contributed by atoms with E-state index in [4.69, 9.17) is 9.25 Å². The fraction of sp³-hybridized carbons (Fsp3) is 0.278. The molecule has 2 aromatic rings. The van der Waals surface area contributed by atoms with Crippen molar-refractivity contribution in [1.29, 1.82) is 0 Å². The number of hydrogen-bond acceptors (Lipinski definition) is 6. The molecular weight excluding hydrogens is 343 g/mol. The molecule has 0 N–H and O–H groups in total. The summed E-state index contributed by atoms with van der Waals surface area (Å²) < 4.78 is 23.3. The molecule has 26 heavy (non-hydrogen) atoms. The topological polar surface area (TPSA) is 81.3 Å². The molecule has 8 heteroatoms. The molecule has 1 aliphatic heterocycles. The van der Waals surface area contributed by atoms with E-state index < -0.39 is 12.1 Å². The van der Waals surface area contributed by atoms with Crippen molar-refractivity contribution in [1.82, 2.24) is 4.90 Å². The number of halogens is 1. The Balaban J connectivity index is 1.73. The number of methoxy groups -OCH3 is 1. The van der Waals surface area contributed by atoms with Gasteiger partial charge in [-0.3, -0.25) is 9.69 Å². The summed E-state index contributed by atoms with van der Waals surface area (Å²) in [5.41, 5.74) is 0.629. The molecule has 1 aliphatic rings. The van der Waals surface area contributed by atoms with Crippen molar-refractivity contribution < 1.29 is 28.0 Å². The van der Waals surface area contributed by atoms with Crippen LogP contribution >= 0.6 is 0 Å². The van der Waals surface area contributed by atoms with Gasteiger partial charge < -0.3 is 14.0 Å². The summed E-state index contributed by atoms with van der Waals surface area (Å²) >= 11 is 0. The summed E-state index contributed by atoms with van der Waals surface area (Å²) in [6.07, 6.45) is -0.675. The largest absolute Gasteiger partial charge is 0.463 e. The van der Waals surface area contributed by atoms with Crippen LogP contribution in [0.3, 0.4) is 0 Å². The molecule has 7 nitrogen and oxygen atoms in total. The SMILES string of the molecule is COC(=O)c1ccc(CN2C(=O)C(Cc3cccc(F)c3)ON=C2C)o1. The molecule has 136 valence electrons. The number of rotatable bonds is 5. The van der Waals surface area contributed by atoms with Gasteiger partial charge in [0.05, 0.1) is 13.7 Å². The zero-order valence-corrected chi connectivity index (χ0v) is 14.3. The van der Waals surface area contributed by atoms with Gasteiger partial charge in [0.15, 0.2) is 0 Å². The Labute approximate surface area is 149 Å². The van der Waals surface area contributed by atoms with Crippen molar-refractivity contribution in [2.45, 2.75) is 26.0 Å². The Morgan fingerprint density at radius 2 is 2.15 bits per heavy atom. The predicted molar refractivity (Wildman–Crippen MR) is 88.7 cm³/mol. The lowest BCUT2D eigenvalue weighted by atomic mass is 10.1. The van der Waals surface area contributed by atoms with Crippen LogP contribution in [0.5, 0.6) is 0 Å². The van der Waals surface area contributed by atoms with Crippen molar-refractivity contribution in [3.8, 4) is 0 Å². The Kier molecular flexibility index (Phi) is 5.01. The highest BCUT2D eigenvalue weighted by Crippen LogP contribution is 2.19. The first kappa shape index (κ1) is 17.7. The Morgan fingerprint density at radius 1 is 1.35 bits per heavy atom. The van der Waals surface area contributed by atoms with E-state index in [9.17, 15) is 14.0 Å². The Bertz CT molecular complexity index is 861. The van der Waals surface area contributed by atoms with Crippen molar-refractivity contribution >= 4 is 17.7 Å². The molecule has 1 aromatic carbocycles. The summed E-state index contributed by atoms with van der Waals surface area (Å²) in [4.78, 5) is 30.8. The normalized spacial score (nSPS) is 16.9. The third-order valence-electron chi connectivity index (χ3n) is 3.92. The highest BCUT2D eigenvalue weighted by molar-refractivity contribution is 6.00. The maximum absolute atomic E-state index is 13.3. The summed E-state index contributed by atoms with van der Waals surface area (Å²) in [5.74, 6) is -0.486. The smallest absolute Gasteiger partial charge is 0.373 e. The lowest BCUT2D eigenvalue weighted by molar-refractivity contribution is -0.143. The average Bonchev–Trinajstić information content (AvgIpc) is 3.09. The first-order valence-corrected chi connectivity index (χ1v) is 7.91. The van der Waals surface area contributed by atoms with Crippen LogP contribution in [0.2, 0.25) is 0 Å². The van der Waals surface area contributed by atoms with E-state index in [-0.39, 0.29) is 30.5 Å². The number of benzene rings is 1. The fourth-order valence-corrected chi connectivity index (χ4v) is 2.59. The molecule has 1 atom stereocenters. The van der Waals surface area contributed by atoms with E-state index in [0.29, 0.717) is 17.2 Å². The van der Waals surface area contributed by atoms with Crippen molar-refractivity contribution in [3.05, 3.63) is 59.3 Å². The van der Waals surface area contributed by atoms with Crippen molar-refractivity contribution in [2.75, 3.05) is 7.11 Å². The number of amidine groups is 1. The minimum absolute atomic E-state index is 0.0501. The average molecular weight is 360 g/mol. The van der Waals surface area contributed by atoms with Crippen LogP contribution in [0.4, 0.5) is 4.39 Å². The second kappa shape index (κ2) is 7.38. The van der Waals surface area contributed by atoms with E-state index in [2.05, 4.69) is 9.89 Å². The summed E-state index contributed by atoms with van der Waals surface area (Å²) in [5, 5.41) is 3.91. The molecule has 0 saturated carbocycles. The fourth-order valence-electron chi connectivity index (χ4n) is 2.59. The van der Waals surface area contributed by atoms with Gasteiger partial charge in [-0.2, -0.15) is 0 Å². The first-order chi connectivity index (χ1) is 12.5. The standard InChI is InChI=1S/C18H17FN2O5/c1-11-20-26-16(9-12-4-3-5-13(19)8-12)17(22)21(11)10-14-6-7-15(25-14)18(23)24-2/h3-8,16H,9-10H2,1-2H3. The second-order valence-electron chi connectivity index (χ2n) is 5.75. The minimum Gasteiger partial charge on any atom is -0.463 e. The van der Waals surface area contributed by atoms with Gasteiger partial charge in [-0.25, -0.2) is 9.18 Å². The molecule has 0 fully saturated rings. The quantitative estimate of drug-likeness (QED) is 0.766. The molecule has 1 amide bonds. The monoisotopic (exact) mass is 360 g/mol. The van der Waals surface area contributed by atoms with E-state index >= 15 is 0 Å². The number of furan rings is 1. The van der Waals surface area contributed by atoms with Gasteiger partial charge >= 0.3 is 5.97 Å². The van der Waals surface area contributed by atoms with E-state index in [1.54, 1.807) is 25.1 Å². The number of ether oxygens (including phenoxy) is 1. The van der Waals surface area contributed by atoms with Crippen molar-refractivity contribution in [3.63, 3.8) is 0 Å². The summed E-state index contributed by atoms with van der Waals surface area (Å²) in [7, 11) is 1.25. The highest BCUT2D eigenvalue weighted by Gasteiger charge is 2.33. The number of carbonyl (C=O) groups is 2. The number of amides is 1. The first-order valence-electron chi connectivity index (χ1n) is 7.91. The molecule has 0 spiro atoms. The van der Waals surface area contributed by atoms with Gasteiger partial charge in [0.2, 0.25) is 11.9 Å². The number of esters is 1. The van der Waals surface area contributed by atoms with Gasteiger partial charge in [-0.1, -0.05) is 17.3 Å². The maximum atomic E-state index is 13.3. The minimum atomic E-state index is -0.865. The molecule has 0 aliphatic carbocycles. The number of oxime groups is 1. The number of nitrogens with zero attached hydrogens (tertiary/aromatic N) is 2. The molecule has 0 radical (unpaired) electrons. The lowest BCUT2D eigenvalue weighted by Crippen LogP contribution is -2.46. The molecule has 2 heterocycles. The number of carbonyl (C=O) groups excluding carboxylic acids is 2. The van der Waals surface area contributed by atoms with Crippen LogP contribution in [-0.2, 0) is 27.3 Å². The van der Waals surface area contributed by atoms with Crippen LogP contribution < -0.4 is 0 Å². The van der Waals surface area contributed by atoms with Crippen LogP contribution in [0.15, 0.2) is 46.0 Å². The molecule has 3 rings (SSSR count). The molecular formula is C18H17FN2O5. The van der Waals surface area contributed by atoms with E-state index in [0.717, 1.165) is 0 Å². The van der Waals surface area contributed by atoms with Crippen molar-refractivity contribution in [2.24, 2.45) is 5.16 Å². The predicted octanol–water partition coefficient (Wildman–Crippen LogP) is 2.51. The van der Waals surface area contributed by atoms with Gasteiger partial charge in [-0.05, 0) is 36.8 Å². The van der Waals surface area contributed by atoms with Crippen LogP contribution in [-0.4, -0.2) is 35.8 Å². The van der Waals surface area contributed by atoms with Crippen LogP contribution in [0.25, 0.3) is 0 Å². The van der Waals surface area contributed by atoms with Gasteiger partial charge in [0.1, 0.15) is 17.4 Å². The maximum Gasteiger partial charge on any atom is 0.373 e. The van der Waals surface area contributed by atoms with Gasteiger partial charge in [-0.15, -0.1) is 0 Å². The summed E-state index contributed by atoms with van der Waals surface area (Å²) in [6.45, 7) is 1.72. The molecule has 1 aromatic heterocycles. The second-order valence-corrected chi connectivity index (χ2v) is 5.75. The zero-order valence-electron chi connectivity index (χ0n) is 14.3. The lowest BCUT2D eigenvalue weighted by Gasteiger charge is -2.29. The third kappa shape index (κ3) is 3.74. The van der Waals surface area contributed by atoms with E-state index in [1.165, 1.54) is 30.2 Å². The molecule has 0 bridgehead atoms. The van der Waals surface area contributed by atoms with Gasteiger partial charge in [0, 0.05) is 6.42 Å². The third-order valence-corrected chi connectivity index (χ3v) is 3.92. The summed E-state index contributed by atoms with van der Waals surface area (Å²) in [6, 6.07) is 9.03. The van der Waals surface area contributed by atoms with Crippen LogP contribution in [0.1, 0.15) is 28.8 Å². The Morgan fingerprint density at radius 3 is 2.88 bits per heavy atom. The molecule has 0 saturated heterocycles. The van der Waals surface area contributed by atoms with E-state index in [1.807, 2.05) is 0 Å². The number of hydrogen-bond donors (Lipinski definition) is 0. The molecule has 1 unspecified atom stereocenters. The highest BCUT2D eigenvalue weighted by atomic mass is 19.1. The van der Waals surface area contributed by atoms with Crippen LogP contribution in [0, 0.1) is 5.82 Å².